The zero-order valence-corrected chi connectivity index (χ0v) is 17.8. The maximum atomic E-state index is 13.0. The van der Waals surface area contributed by atoms with Gasteiger partial charge >= 0.3 is 6.03 Å². The van der Waals surface area contributed by atoms with E-state index < -0.39 is 23.7 Å². The van der Waals surface area contributed by atoms with Crippen LogP contribution in [0.3, 0.4) is 0 Å². The summed E-state index contributed by atoms with van der Waals surface area (Å²) in [5, 5.41) is 5.53. The van der Waals surface area contributed by atoms with Gasteiger partial charge in [-0.2, -0.15) is 0 Å². The number of anilines is 2. The average Bonchev–Trinajstić information content (AvgIpc) is 3.07. The van der Waals surface area contributed by atoms with Crippen molar-refractivity contribution < 1.29 is 23.5 Å². The van der Waals surface area contributed by atoms with Crippen LogP contribution in [0.2, 0.25) is 5.02 Å². The van der Waals surface area contributed by atoms with Gasteiger partial charge in [0, 0.05) is 16.3 Å². The molecule has 1 saturated heterocycles. The van der Waals surface area contributed by atoms with Crippen molar-refractivity contribution in [1.82, 2.24) is 5.32 Å². The van der Waals surface area contributed by atoms with Gasteiger partial charge < -0.3 is 15.4 Å². The van der Waals surface area contributed by atoms with Gasteiger partial charge in [0.2, 0.25) is 0 Å². The van der Waals surface area contributed by atoms with Gasteiger partial charge in [0.25, 0.3) is 11.8 Å². The van der Waals surface area contributed by atoms with Crippen LogP contribution in [0.4, 0.5) is 20.6 Å². The van der Waals surface area contributed by atoms with Gasteiger partial charge in [0.15, 0.2) is 6.61 Å². The number of rotatable bonds is 6. The van der Waals surface area contributed by atoms with E-state index in [1.165, 1.54) is 36.4 Å². The van der Waals surface area contributed by atoms with Crippen molar-refractivity contribution in [3.05, 3.63) is 94.9 Å². The highest BCUT2D eigenvalue weighted by Gasteiger charge is 2.35. The Morgan fingerprint density at radius 1 is 1.06 bits per heavy atom. The van der Waals surface area contributed by atoms with Crippen LogP contribution in [-0.2, 0) is 9.59 Å². The minimum absolute atomic E-state index is 0.0480. The number of nitrogens with zero attached hydrogens (tertiary/aromatic N) is 1. The normalized spacial score (nSPS) is 14.4. The minimum Gasteiger partial charge on any atom is -0.483 e. The van der Waals surface area contributed by atoms with Crippen LogP contribution in [0.15, 0.2) is 78.5 Å². The molecule has 1 aliphatic heterocycles. The number of carbonyl (C=O) groups excluding carboxylic acids is 3. The third kappa shape index (κ3) is 5.19. The molecule has 1 fully saturated rings. The molecule has 3 aromatic rings. The number of urea groups is 1. The molecule has 7 nitrogen and oxygen atoms in total. The number of hydrogen-bond donors (Lipinski definition) is 2. The molecule has 0 aromatic heterocycles. The predicted octanol–water partition coefficient (Wildman–Crippen LogP) is 4.59. The van der Waals surface area contributed by atoms with Crippen molar-refractivity contribution in [3.63, 3.8) is 0 Å². The maximum absolute atomic E-state index is 13.0. The molecule has 4 rings (SSSR count). The second-order valence-corrected chi connectivity index (χ2v) is 7.43. The summed E-state index contributed by atoms with van der Waals surface area (Å²) in [5.74, 6) is -1.07. The number of imide groups is 1. The van der Waals surface area contributed by atoms with E-state index in [1.807, 2.05) is 0 Å². The summed E-state index contributed by atoms with van der Waals surface area (Å²) in [6, 6.07) is 17.9. The molecule has 0 bridgehead atoms. The first-order valence-electron chi connectivity index (χ1n) is 9.80. The quantitative estimate of drug-likeness (QED) is 0.411. The molecule has 0 atom stereocenters. The first-order valence-corrected chi connectivity index (χ1v) is 10.2. The molecule has 33 heavy (non-hydrogen) atoms. The summed E-state index contributed by atoms with van der Waals surface area (Å²) in [6.45, 7) is -0.313. The Balaban J connectivity index is 1.48. The van der Waals surface area contributed by atoms with E-state index in [0.717, 1.165) is 4.90 Å². The van der Waals surface area contributed by atoms with Crippen LogP contribution < -0.4 is 20.3 Å². The number of amides is 4. The fraction of sp³-hybridized carbons (Fsp3) is 0.0417. The van der Waals surface area contributed by atoms with E-state index in [-0.39, 0.29) is 12.3 Å². The number of ether oxygens (including phenoxy) is 1. The first kappa shape index (κ1) is 22.0. The van der Waals surface area contributed by atoms with E-state index in [0.29, 0.717) is 27.7 Å². The molecule has 0 aliphatic carbocycles. The Kier molecular flexibility index (Phi) is 6.37. The summed E-state index contributed by atoms with van der Waals surface area (Å²) in [4.78, 5) is 38.4. The molecule has 0 radical (unpaired) electrons. The number of para-hydroxylation sites is 1. The molecule has 1 aliphatic rings. The molecule has 3 aromatic carbocycles. The second-order valence-electron chi connectivity index (χ2n) is 6.99. The highest BCUT2D eigenvalue weighted by molar-refractivity contribution is 6.32. The molecule has 166 valence electrons. The number of carbonyl (C=O) groups is 3. The fourth-order valence-corrected chi connectivity index (χ4v) is 3.33. The third-order valence-corrected chi connectivity index (χ3v) is 4.89. The smallest absolute Gasteiger partial charge is 0.333 e. The highest BCUT2D eigenvalue weighted by Crippen LogP contribution is 2.27. The lowest BCUT2D eigenvalue weighted by Crippen LogP contribution is -2.30. The molecule has 9 heteroatoms. The summed E-state index contributed by atoms with van der Waals surface area (Å²) < 4.78 is 18.6. The van der Waals surface area contributed by atoms with E-state index in [4.69, 9.17) is 16.3 Å². The Hall–Kier alpha value is -4.17. The second kappa shape index (κ2) is 9.54. The monoisotopic (exact) mass is 465 g/mol. The topological polar surface area (TPSA) is 87.7 Å². The van der Waals surface area contributed by atoms with Gasteiger partial charge in [-0.25, -0.2) is 14.1 Å². The fourth-order valence-electron chi connectivity index (χ4n) is 3.15. The van der Waals surface area contributed by atoms with Crippen molar-refractivity contribution >= 4 is 46.9 Å². The van der Waals surface area contributed by atoms with Gasteiger partial charge in [-0.1, -0.05) is 35.9 Å². The van der Waals surface area contributed by atoms with Crippen molar-refractivity contribution in [2.24, 2.45) is 0 Å². The van der Waals surface area contributed by atoms with E-state index in [1.54, 1.807) is 42.5 Å². The molecule has 2 N–H and O–H groups in total. The minimum atomic E-state index is -0.606. The van der Waals surface area contributed by atoms with Crippen LogP contribution >= 0.6 is 11.6 Å². The average molecular weight is 466 g/mol. The number of benzene rings is 3. The van der Waals surface area contributed by atoms with Gasteiger partial charge in [-0.05, 0) is 54.6 Å². The predicted molar refractivity (Wildman–Crippen MR) is 122 cm³/mol. The molecule has 0 spiro atoms. The maximum Gasteiger partial charge on any atom is 0.333 e. The Labute approximate surface area is 193 Å². The van der Waals surface area contributed by atoms with E-state index in [9.17, 15) is 18.8 Å². The van der Waals surface area contributed by atoms with Crippen LogP contribution in [-0.4, -0.2) is 24.5 Å². The first-order chi connectivity index (χ1) is 15.9. The lowest BCUT2D eigenvalue weighted by Gasteiger charge is -2.12. The number of halogens is 2. The lowest BCUT2D eigenvalue weighted by atomic mass is 10.1. The van der Waals surface area contributed by atoms with Crippen molar-refractivity contribution in [1.29, 1.82) is 0 Å². The summed E-state index contributed by atoms with van der Waals surface area (Å²) in [5.41, 5.74) is 1.31. The van der Waals surface area contributed by atoms with E-state index in [2.05, 4.69) is 10.6 Å². The van der Waals surface area contributed by atoms with Crippen LogP contribution in [0.5, 0.6) is 5.75 Å². The van der Waals surface area contributed by atoms with Crippen molar-refractivity contribution in [2.75, 3.05) is 16.8 Å². The molecular weight excluding hydrogens is 449 g/mol. The summed E-state index contributed by atoms with van der Waals surface area (Å²) in [7, 11) is 0. The Morgan fingerprint density at radius 3 is 2.58 bits per heavy atom. The zero-order valence-electron chi connectivity index (χ0n) is 17.0. The van der Waals surface area contributed by atoms with E-state index >= 15 is 0 Å². The van der Waals surface area contributed by atoms with Gasteiger partial charge in [-0.15, -0.1) is 0 Å². The third-order valence-electron chi connectivity index (χ3n) is 4.65. The Morgan fingerprint density at radius 2 is 1.82 bits per heavy atom. The standard InChI is InChI=1S/C24H17ClFN3O4/c25-16-5-3-6-19(13-16)29-23(31)20(28-24(29)32)12-15-4-1-2-7-21(15)33-14-22(30)27-18-10-8-17(26)9-11-18/h1-13H,14H2,(H,27,30)(H,28,32). The van der Waals surface area contributed by atoms with Crippen LogP contribution in [0.1, 0.15) is 5.56 Å². The number of nitrogens with one attached hydrogen (secondary N) is 2. The van der Waals surface area contributed by atoms with Gasteiger partial charge in [0.05, 0.1) is 5.69 Å². The molecule has 0 unspecified atom stereocenters. The summed E-state index contributed by atoms with van der Waals surface area (Å²) >= 11 is 5.97. The zero-order chi connectivity index (χ0) is 23.4. The Bertz CT molecular complexity index is 1260. The summed E-state index contributed by atoms with van der Waals surface area (Å²) in [6.07, 6.45) is 1.47. The van der Waals surface area contributed by atoms with Crippen LogP contribution in [0.25, 0.3) is 6.08 Å². The SMILES string of the molecule is O=C(COc1ccccc1C=C1NC(=O)N(c2cccc(Cl)c2)C1=O)Nc1ccc(F)cc1. The van der Waals surface area contributed by atoms with Gasteiger partial charge in [-0.3, -0.25) is 9.59 Å². The highest BCUT2D eigenvalue weighted by atomic mass is 35.5. The van der Waals surface area contributed by atoms with Crippen LogP contribution in [0, 0.1) is 5.82 Å². The molecule has 1 heterocycles. The molecule has 0 saturated carbocycles. The molecule has 4 amide bonds. The van der Waals surface area contributed by atoms with Crippen molar-refractivity contribution in [3.8, 4) is 5.75 Å². The number of hydrogen-bond acceptors (Lipinski definition) is 4. The lowest BCUT2D eigenvalue weighted by molar-refractivity contribution is -0.118. The van der Waals surface area contributed by atoms with Crippen molar-refractivity contribution in [2.45, 2.75) is 0 Å². The van der Waals surface area contributed by atoms with Gasteiger partial charge in [0.1, 0.15) is 17.3 Å². The molecular formula is C24H17ClFN3O4. The largest absolute Gasteiger partial charge is 0.483 e.